The number of sulfonamides is 1. The van der Waals surface area contributed by atoms with Crippen LogP contribution in [0.25, 0.3) is 6.08 Å². The van der Waals surface area contributed by atoms with Gasteiger partial charge in [-0.2, -0.15) is 4.31 Å². The minimum Gasteiger partial charge on any atom is -0.465 e. The van der Waals surface area contributed by atoms with Gasteiger partial charge in [-0.1, -0.05) is 35.3 Å². The molecule has 2 heterocycles. The quantitative estimate of drug-likeness (QED) is 0.309. The number of amides is 1. The summed E-state index contributed by atoms with van der Waals surface area (Å²) in [4.78, 5) is 24.6. The zero-order valence-electron chi connectivity index (χ0n) is 19.8. The van der Waals surface area contributed by atoms with Crippen LogP contribution < -0.4 is 5.32 Å². The molecule has 1 aliphatic rings. The lowest BCUT2D eigenvalue weighted by atomic mass is 10.1. The Labute approximate surface area is 224 Å². The molecule has 0 radical (unpaired) electrons. The number of carbonyl (C=O) groups excluding carboxylic acids is 2. The zero-order chi connectivity index (χ0) is 26.7. The number of halogens is 2. The smallest absolute Gasteiger partial charge is 0.340 e. The number of furan rings is 1. The van der Waals surface area contributed by atoms with Crippen LogP contribution in [0.4, 0.5) is 0 Å². The van der Waals surface area contributed by atoms with Crippen LogP contribution >= 0.6 is 23.2 Å². The predicted molar refractivity (Wildman–Crippen MR) is 139 cm³/mol. The molecule has 11 heteroatoms. The third-order valence-electron chi connectivity index (χ3n) is 5.60. The monoisotopic (exact) mass is 560 g/mol. The molecular formula is C26H22Cl2N2O6S. The van der Waals surface area contributed by atoms with Crippen molar-refractivity contribution in [2.24, 2.45) is 0 Å². The molecule has 1 N–H and O–H groups in total. The Bertz CT molecular complexity index is 1510. The van der Waals surface area contributed by atoms with E-state index in [0.717, 1.165) is 5.56 Å². The lowest BCUT2D eigenvalue weighted by Gasteiger charge is -2.21. The Morgan fingerprint density at radius 1 is 1.00 bits per heavy atom. The minimum atomic E-state index is -3.94. The molecule has 192 valence electrons. The van der Waals surface area contributed by atoms with Gasteiger partial charge in [0.2, 0.25) is 10.0 Å². The maximum Gasteiger partial charge on any atom is 0.340 e. The summed E-state index contributed by atoms with van der Waals surface area (Å²) in [5, 5.41) is 3.54. The highest BCUT2D eigenvalue weighted by Crippen LogP contribution is 2.27. The van der Waals surface area contributed by atoms with Gasteiger partial charge in [0.25, 0.3) is 5.91 Å². The van der Waals surface area contributed by atoms with E-state index in [1.807, 2.05) is 0 Å². The molecule has 1 aliphatic heterocycles. The molecule has 2 aromatic carbocycles. The second-order valence-corrected chi connectivity index (χ2v) is 11.0. The Balaban J connectivity index is 1.65. The maximum atomic E-state index is 13.5. The number of carbonyl (C=O) groups is 2. The van der Waals surface area contributed by atoms with Gasteiger partial charge in [0, 0.05) is 22.3 Å². The van der Waals surface area contributed by atoms with Crippen molar-refractivity contribution < 1.29 is 27.2 Å². The topological polar surface area (TPSA) is 106 Å². The molecule has 0 atom stereocenters. The molecule has 0 bridgehead atoms. The van der Waals surface area contributed by atoms with Gasteiger partial charge >= 0.3 is 5.97 Å². The number of nitrogens with one attached hydrogen (secondary N) is 1. The van der Waals surface area contributed by atoms with Crippen LogP contribution in [0.2, 0.25) is 10.0 Å². The highest BCUT2D eigenvalue weighted by Gasteiger charge is 2.31. The van der Waals surface area contributed by atoms with Crippen molar-refractivity contribution >= 4 is 51.2 Å². The molecule has 37 heavy (non-hydrogen) atoms. The van der Waals surface area contributed by atoms with Crippen LogP contribution in [-0.2, 0) is 37.4 Å². The molecule has 0 saturated carbocycles. The average molecular weight is 561 g/mol. The molecule has 0 saturated heterocycles. The van der Waals surface area contributed by atoms with Gasteiger partial charge < -0.3 is 14.5 Å². The molecule has 0 spiro atoms. The van der Waals surface area contributed by atoms with E-state index in [-0.39, 0.29) is 34.9 Å². The minimum absolute atomic E-state index is 0.0517. The molecule has 1 aromatic heterocycles. The Morgan fingerprint density at radius 3 is 2.24 bits per heavy atom. The zero-order valence-corrected chi connectivity index (χ0v) is 22.2. The van der Waals surface area contributed by atoms with Crippen LogP contribution in [0.15, 0.2) is 86.8 Å². The van der Waals surface area contributed by atoms with Gasteiger partial charge in [0.15, 0.2) is 0 Å². The van der Waals surface area contributed by atoms with Gasteiger partial charge in [0.1, 0.15) is 11.5 Å². The fourth-order valence-electron chi connectivity index (χ4n) is 3.77. The highest BCUT2D eigenvalue weighted by molar-refractivity contribution is 7.89. The number of hydrogen-bond donors (Lipinski definition) is 1. The molecular weight excluding hydrogens is 539 g/mol. The number of allylic oxidation sites excluding steroid dienone is 1. The summed E-state index contributed by atoms with van der Waals surface area (Å²) in [5.41, 5.74) is 1.30. The average Bonchev–Trinajstić information content (AvgIpc) is 3.42. The van der Waals surface area contributed by atoms with Crippen molar-refractivity contribution in [3.63, 3.8) is 0 Å². The van der Waals surface area contributed by atoms with E-state index in [9.17, 15) is 18.0 Å². The first-order valence-electron chi connectivity index (χ1n) is 11.0. The first-order chi connectivity index (χ1) is 17.6. The van der Waals surface area contributed by atoms with Gasteiger partial charge in [-0.15, -0.1) is 0 Å². The fourth-order valence-corrected chi connectivity index (χ4v) is 5.41. The second kappa shape index (κ2) is 10.9. The van der Waals surface area contributed by atoms with E-state index in [4.69, 9.17) is 32.4 Å². The number of methoxy groups -OCH3 is 1. The first-order valence-corrected chi connectivity index (χ1v) is 13.2. The third kappa shape index (κ3) is 5.97. The molecule has 8 nitrogen and oxygen atoms in total. The third-order valence-corrected chi connectivity index (χ3v) is 7.91. The predicted octanol–water partition coefficient (Wildman–Crippen LogP) is 4.94. The lowest BCUT2D eigenvalue weighted by molar-refractivity contribution is -0.136. The maximum absolute atomic E-state index is 13.5. The largest absolute Gasteiger partial charge is 0.465 e. The van der Waals surface area contributed by atoms with Crippen LogP contribution in [0.3, 0.4) is 0 Å². The molecule has 0 aliphatic carbocycles. The Morgan fingerprint density at radius 2 is 1.62 bits per heavy atom. The van der Waals surface area contributed by atoms with E-state index in [2.05, 4.69) is 5.32 Å². The summed E-state index contributed by atoms with van der Waals surface area (Å²) in [6, 6.07) is 15.9. The summed E-state index contributed by atoms with van der Waals surface area (Å²) in [6.07, 6.45) is 1.42. The summed E-state index contributed by atoms with van der Waals surface area (Å²) >= 11 is 11.9. The van der Waals surface area contributed by atoms with E-state index in [0.29, 0.717) is 21.5 Å². The van der Waals surface area contributed by atoms with Gasteiger partial charge in [-0.3, -0.25) is 4.79 Å². The number of benzene rings is 2. The van der Waals surface area contributed by atoms with Crippen LogP contribution in [0, 0.1) is 0 Å². The first kappa shape index (κ1) is 26.7. The second-order valence-electron chi connectivity index (χ2n) is 8.16. The van der Waals surface area contributed by atoms with Crippen molar-refractivity contribution in [3.8, 4) is 0 Å². The van der Waals surface area contributed by atoms with E-state index in [1.54, 1.807) is 43.3 Å². The fraction of sp³-hybridized carbons (Fsp3) is 0.154. The standard InChI is InChI=1S/C26H22Cl2N2O6S/c1-16-24(26(32)35-2)23(25(31)29-16)13-20-9-10-21(36-20)15-30(14-17-3-5-18(27)6-4-17)37(33,34)22-11-7-19(28)8-12-22/h3-13H,14-15H2,1-2H3,(H,29,31)/b23-13+. The normalized spacial score (nSPS) is 14.9. The van der Waals surface area contributed by atoms with Crippen LogP contribution in [0.5, 0.6) is 0 Å². The summed E-state index contributed by atoms with van der Waals surface area (Å²) in [6.45, 7) is 1.55. The number of rotatable bonds is 8. The summed E-state index contributed by atoms with van der Waals surface area (Å²) < 4.78 is 38.9. The van der Waals surface area contributed by atoms with Gasteiger partial charge in [-0.25, -0.2) is 13.2 Å². The van der Waals surface area contributed by atoms with Gasteiger partial charge in [0.05, 0.1) is 29.7 Å². The summed E-state index contributed by atoms with van der Waals surface area (Å²) in [7, 11) is -2.72. The number of nitrogens with zero attached hydrogens (tertiary/aromatic N) is 1. The molecule has 4 rings (SSSR count). The molecule has 0 unspecified atom stereocenters. The van der Waals surface area contributed by atoms with Crippen molar-refractivity contribution in [1.29, 1.82) is 0 Å². The highest BCUT2D eigenvalue weighted by atomic mass is 35.5. The molecule has 0 fully saturated rings. The Kier molecular flexibility index (Phi) is 7.89. The SMILES string of the molecule is COC(=O)C1=C(C)NC(=O)/C1=C/c1ccc(CN(Cc2ccc(Cl)cc2)S(=O)(=O)c2ccc(Cl)cc2)o1. The van der Waals surface area contributed by atoms with Crippen molar-refractivity contribution in [1.82, 2.24) is 9.62 Å². The molecule has 3 aromatic rings. The number of hydrogen-bond acceptors (Lipinski definition) is 6. The van der Waals surface area contributed by atoms with Crippen molar-refractivity contribution in [2.75, 3.05) is 7.11 Å². The lowest BCUT2D eigenvalue weighted by Crippen LogP contribution is -2.30. The van der Waals surface area contributed by atoms with E-state index >= 15 is 0 Å². The Hall–Kier alpha value is -3.37. The van der Waals surface area contributed by atoms with Crippen molar-refractivity contribution in [3.05, 3.63) is 105 Å². The van der Waals surface area contributed by atoms with Crippen LogP contribution in [-0.4, -0.2) is 31.7 Å². The van der Waals surface area contributed by atoms with E-state index in [1.165, 1.54) is 41.8 Å². The number of esters is 1. The van der Waals surface area contributed by atoms with Gasteiger partial charge in [-0.05, 0) is 67.1 Å². The summed E-state index contributed by atoms with van der Waals surface area (Å²) in [5.74, 6) is -0.522. The van der Waals surface area contributed by atoms with E-state index < -0.39 is 21.9 Å². The molecule has 1 amide bonds. The van der Waals surface area contributed by atoms with Crippen LogP contribution in [0.1, 0.15) is 24.0 Å². The van der Waals surface area contributed by atoms with Crippen molar-refractivity contribution in [2.45, 2.75) is 24.9 Å². The number of ether oxygens (including phenoxy) is 1.